The first-order valence-electron chi connectivity index (χ1n) is 12.3. The Kier molecular flexibility index (Phi) is 8.22. The molecule has 1 aromatic heterocycles. The first-order chi connectivity index (χ1) is 18.0. The van der Waals surface area contributed by atoms with Crippen LogP contribution >= 0.6 is 0 Å². The molecule has 0 bridgehead atoms. The van der Waals surface area contributed by atoms with E-state index < -0.39 is 5.97 Å². The van der Waals surface area contributed by atoms with E-state index >= 15 is 0 Å². The number of nitrogens with zero attached hydrogens (tertiary/aromatic N) is 2. The van der Waals surface area contributed by atoms with Crippen molar-refractivity contribution >= 4 is 12.0 Å². The lowest BCUT2D eigenvalue weighted by Gasteiger charge is -2.15. The molecule has 2 aromatic carbocycles. The quantitative estimate of drug-likeness (QED) is 0.290. The molecule has 0 aliphatic carbocycles. The number of rotatable bonds is 11. The minimum atomic E-state index is -0.455. The third-order valence-corrected chi connectivity index (χ3v) is 6.06. The normalized spacial score (nSPS) is 12.5. The van der Waals surface area contributed by atoms with E-state index in [-0.39, 0.29) is 25.6 Å². The van der Waals surface area contributed by atoms with Gasteiger partial charge in [-0.25, -0.2) is 9.78 Å². The van der Waals surface area contributed by atoms with Crippen LogP contribution in [0.15, 0.2) is 42.1 Å². The summed E-state index contributed by atoms with van der Waals surface area (Å²) in [5, 5.41) is 10.8. The van der Waals surface area contributed by atoms with Crippen LogP contribution in [0.1, 0.15) is 43.8 Å². The van der Waals surface area contributed by atoms with Gasteiger partial charge in [-0.3, -0.25) is 4.57 Å². The average molecular weight is 509 g/mol. The van der Waals surface area contributed by atoms with Gasteiger partial charge in [-0.05, 0) is 37.6 Å². The molecular formula is C28H32N2O7. The number of esters is 1. The standard InChI is InChI=1S/C28H32N2O7/c1-5-7-8-27-29-16-20(30(27)22-10-9-21(33-3)14-23(22)31)12-19(28(32)35-6-2)11-18-13-25-26(37-17-36-25)15-24(18)34-4/h9-10,12-16,31H,5-8,11,17H2,1-4H3/b19-12+. The lowest BCUT2D eigenvalue weighted by molar-refractivity contribution is -0.138. The number of benzene rings is 2. The highest BCUT2D eigenvalue weighted by Gasteiger charge is 2.22. The number of aromatic nitrogens is 2. The van der Waals surface area contributed by atoms with Crippen molar-refractivity contribution in [3.05, 3.63) is 59.2 Å². The number of ether oxygens (including phenoxy) is 5. The Morgan fingerprint density at radius 2 is 1.92 bits per heavy atom. The molecule has 37 heavy (non-hydrogen) atoms. The monoisotopic (exact) mass is 508 g/mol. The van der Waals surface area contributed by atoms with Gasteiger partial charge in [0, 0.05) is 36.1 Å². The topological polar surface area (TPSA) is 101 Å². The highest BCUT2D eigenvalue weighted by atomic mass is 16.7. The number of carbonyl (C=O) groups is 1. The molecule has 0 fully saturated rings. The predicted molar refractivity (Wildman–Crippen MR) is 138 cm³/mol. The molecule has 0 amide bonds. The van der Waals surface area contributed by atoms with Gasteiger partial charge >= 0.3 is 5.97 Å². The number of aromatic hydroxyl groups is 1. The molecule has 3 aromatic rings. The maximum Gasteiger partial charge on any atom is 0.334 e. The molecule has 196 valence electrons. The number of aryl methyl sites for hydroxylation is 1. The van der Waals surface area contributed by atoms with E-state index in [0.29, 0.717) is 46.4 Å². The molecule has 2 heterocycles. The summed E-state index contributed by atoms with van der Waals surface area (Å²) < 4.78 is 29.0. The number of imidazole rings is 1. The highest BCUT2D eigenvalue weighted by molar-refractivity contribution is 5.94. The molecule has 4 rings (SSSR count). The van der Waals surface area contributed by atoms with Crippen LogP contribution in [-0.4, -0.2) is 48.2 Å². The van der Waals surface area contributed by atoms with Crippen molar-refractivity contribution in [1.82, 2.24) is 9.55 Å². The zero-order chi connectivity index (χ0) is 26.4. The summed E-state index contributed by atoms with van der Waals surface area (Å²) in [6, 6.07) is 8.66. The Bertz CT molecular complexity index is 1300. The fourth-order valence-corrected chi connectivity index (χ4v) is 4.20. The Balaban J connectivity index is 1.81. The van der Waals surface area contributed by atoms with Crippen LogP contribution in [0.5, 0.6) is 28.7 Å². The van der Waals surface area contributed by atoms with E-state index in [9.17, 15) is 9.90 Å². The van der Waals surface area contributed by atoms with E-state index in [0.717, 1.165) is 24.2 Å². The molecule has 9 nitrogen and oxygen atoms in total. The third kappa shape index (κ3) is 5.66. The Labute approximate surface area is 216 Å². The van der Waals surface area contributed by atoms with Crippen molar-refractivity contribution in [2.75, 3.05) is 27.6 Å². The van der Waals surface area contributed by atoms with Crippen LogP contribution in [0.3, 0.4) is 0 Å². The number of fused-ring (bicyclic) bond motifs is 1. The van der Waals surface area contributed by atoms with Crippen LogP contribution in [0.4, 0.5) is 0 Å². The lowest BCUT2D eigenvalue weighted by atomic mass is 10.0. The summed E-state index contributed by atoms with van der Waals surface area (Å²) in [6.45, 7) is 4.23. The van der Waals surface area contributed by atoms with Crippen LogP contribution < -0.4 is 18.9 Å². The zero-order valence-corrected chi connectivity index (χ0v) is 21.6. The Hall–Kier alpha value is -4.14. The first kappa shape index (κ1) is 25.9. The predicted octanol–water partition coefficient (Wildman–Crippen LogP) is 4.86. The summed E-state index contributed by atoms with van der Waals surface area (Å²) >= 11 is 0. The maximum absolute atomic E-state index is 13.1. The highest BCUT2D eigenvalue weighted by Crippen LogP contribution is 2.39. The summed E-state index contributed by atoms with van der Waals surface area (Å²) in [4.78, 5) is 17.7. The third-order valence-electron chi connectivity index (χ3n) is 6.06. The van der Waals surface area contributed by atoms with Crippen molar-refractivity contribution in [3.63, 3.8) is 0 Å². The molecular weight excluding hydrogens is 476 g/mol. The van der Waals surface area contributed by atoms with E-state index in [1.165, 1.54) is 0 Å². The molecule has 0 spiro atoms. The first-order valence-corrected chi connectivity index (χ1v) is 12.3. The number of methoxy groups -OCH3 is 2. The molecule has 1 N–H and O–H groups in total. The zero-order valence-electron chi connectivity index (χ0n) is 21.6. The summed E-state index contributed by atoms with van der Waals surface area (Å²) in [5.74, 6) is 2.66. The van der Waals surface area contributed by atoms with E-state index in [1.54, 1.807) is 57.7 Å². The van der Waals surface area contributed by atoms with Gasteiger partial charge in [0.15, 0.2) is 11.5 Å². The molecule has 0 saturated heterocycles. The van der Waals surface area contributed by atoms with Crippen molar-refractivity contribution in [2.24, 2.45) is 0 Å². The number of carbonyl (C=O) groups excluding carboxylic acids is 1. The summed E-state index contributed by atoms with van der Waals surface area (Å²) in [5.41, 5.74) is 2.32. The Morgan fingerprint density at radius 1 is 1.14 bits per heavy atom. The fourth-order valence-electron chi connectivity index (χ4n) is 4.20. The number of phenolic OH excluding ortho intramolecular Hbond substituents is 1. The lowest BCUT2D eigenvalue weighted by Crippen LogP contribution is -2.11. The minimum Gasteiger partial charge on any atom is -0.506 e. The Morgan fingerprint density at radius 3 is 2.59 bits per heavy atom. The van der Waals surface area contributed by atoms with Crippen LogP contribution in [0, 0.1) is 0 Å². The summed E-state index contributed by atoms with van der Waals surface area (Å²) in [7, 11) is 3.11. The van der Waals surface area contributed by atoms with Crippen molar-refractivity contribution in [2.45, 2.75) is 39.5 Å². The smallest absolute Gasteiger partial charge is 0.334 e. The second-order valence-electron chi connectivity index (χ2n) is 8.48. The maximum atomic E-state index is 13.1. The van der Waals surface area contributed by atoms with Gasteiger partial charge in [0.25, 0.3) is 0 Å². The van der Waals surface area contributed by atoms with Crippen LogP contribution in [0.2, 0.25) is 0 Å². The SMILES string of the molecule is CCCCc1ncc(/C=C(\Cc2cc3c(cc2OC)OCO3)C(=O)OCC)n1-c1ccc(OC)cc1O. The second-order valence-corrected chi connectivity index (χ2v) is 8.48. The number of hydrogen-bond acceptors (Lipinski definition) is 8. The minimum absolute atomic E-state index is 0.0415. The van der Waals surface area contributed by atoms with Gasteiger partial charge in [-0.1, -0.05) is 13.3 Å². The molecule has 0 atom stereocenters. The van der Waals surface area contributed by atoms with Crippen LogP contribution in [-0.2, 0) is 22.4 Å². The average Bonchev–Trinajstić information content (AvgIpc) is 3.52. The molecule has 1 aliphatic heterocycles. The van der Waals surface area contributed by atoms with Gasteiger partial charge in [-0.2, -0.15) is 0 Å². The van der Waals surface area contributed by atoms with Crippen molar-refractivity contribution in [1.29, 1.82) is 0 Å². The van der Waals surface area contributed by atoms with E-state index in [1.807, 2.05) is 10.6 Å². The number of hydrogen-bond donors (Lipinski definition) is 1. The van der Waals surface area contributed by atoms with E-state index in [4.69, 9.17) is 23.7 Å². The molecule has 9 heteroatoms. The van der Waals surface area contributed by atoms with Crippen molar-refractivity contribution in [3.8, 4) is 34.4 Å². The summed E-state index contributed by atoms with van der Waals surface area (Å²) in [6.07, 6.45) is 6.29. The largest absolute Gasteiger partial charge is 0.506 e. The van der Waals surface area contributed by atoms with Crippen molar-refractivity contribution < 1.29 is 33.6 Å². The van der Waals surface area contributed by atoms with Crippen LogP contribution in [0.25, 0.3) is 11.8 Å². The van der Waals surface area contributed by atoms with Gasteiger partial charge in [0.05, 0.1) is 38.4 Å². The molecule has 0 unspecified atom stereocenters. The molecule has 0 radical (unpaired) electrons. The van der Waals surface area contributed by atoms with Gasteiger partial charge in [-0.15, -0.1) is 0 Å². The van der Waals surface area contributed by atoms with E-state index in [2.05, 4.69) is 11.9 Å². The molecule has 0 saturated carbocycles. The van der Waals surface area contributed by atoms with Gasteiger partial charge < -0.3 is 28.8 Å². The van der Waals surface area contributed by atoms with Gasteiger partial charge in [0.2, 0.25) is 6.79 Å². The number of phenols is 1. The van der Waals surface area contributed by atoms with Gasteiger partial charge in [0.1, 0.15) is 23.1 Å². The fraction of sp³-hybridized carbons (Fsp3) is 0.357. The molecule has 1 aliphatic rings. The number of unbranched alkanes of at least 4 members (excludes halogenated alkanes) is 1. The second kappa shape index (κ2) is 11.7.